The van der Waals surface area contributed by atoms with Gasteiger partial charge in [-0.25, -0.2) is 0 Å². The van der Waals surface area contributed by atoms with Crippen LogP contribution in [0.5, 0.6) is 0 Å². The molecule has 3 N–H and O–H groups in total. The highest BCUT2D eigenvalue weighted by molar-refractivity contribution is 7.86. The Morgan fingerprint density at radius 3 is 2.65 bits per heavy atom. The average molecular weight is 258 g/mol. The smallest absolute Gasteiger partial charge is 0.272 e. The van der Waals surface area contributed by atoms with E-state index in [2.05, 4.69) is 17.2 Å². The van der Waals surface area contributed by atoms with Crippen molar-refractivity contribution in [2.24, 2.45) is 0 Å². The van der Waals surface area contributed by atoms with E-state index in [0.717, 1.165) is 6.08 Å². The highest BCUT2D eigenvalue weighted by Crippen LogP contribution is 2.18. The molecule has 1 amide bonds. The van der Waals surface area contributed by atoms with Crippen molar-refractivity contribution >= 4 is 16.0 Å². The maximum Gasteiger partial charge on any atom is 0.272 e. The van der Waals surface area contributed by atoms with Crippen molar-refractivity contribution in [1.82, 2.24) is 10.6 Å². The Kier molecular flexibility index (Phi) is 3.74. The van der Waals surface area contributed by atoms with E-state index in [9.17, 15) is 13.2 Å². The normalized spacial score (nSPS) is 24.8. The summed E-state index contributed by atoms with van der Waals surface area (Å²) in [5.41, 5.74) is -1.38. The van der Waals surface area contributed by atoms with Crippen LogP contribution in [0.2, 0.25) is 0 Å². The van der Waals surface area contributed by atoms with Gasteiger partial charge in [-0.05, 0) is 31.4 Å². The molecule has 1 aliphatic rings. The second-order valence-corrected chi connectivity index (χ2v) is 5.32. The summed E-state index contributed by atoms with van der Waals surface area (Å²) in [4.78, 5) is 11.3. The molecule has 0 fully saturated rings. The van der Waals surface area contributed by atoms with Crippen LogP contribution in [0.25, 0.3) is 0 Å². The Hall–Kier alpha value is -1.60. The molecule has 0 aliphatic carbocycles. The molecule has 0 radical (unpaired) electrons. The zero-order valence-corrected chi connectivity index (χ0v) is 10.1. The lowest BCUT2D eigenvalue weighted by molar-refractivity contribution is -0.118. The molecule has 1 heterocycles. The van der Waals surface area contributed by atoms with Crippen molar-refractivity contribution in [1.29, 1.82) is 0 Å². The van der Waals surface area contributed by atoms with Gasteiger partial charge in [-0.3, -0.25) is 9.35 Å². The van der Waals surface area contributed by atoms with Crippen LogP contribution in [-0.4, -0.2) is 29.8 Å². The predicted octanol–water partition coefficient (Wildman–Crippen LogP) is -0.0657. The molecule has 2 unspecified atom stereocenters. The van der Waals surface area contributed by atoms with E-state index >= 15 is 0 Å². The van der Waals surface area contributed by atoms with Crippen LogP contribution in [0.3, 0.4) is 0 Å². The first-order valence-corrected chi connectivity index (χ1v) is 6.35. The molecule has 0 saturated heterocycles. The molecule has 1 aliphatic heterocycles. The van der Waals surface area contributed by atoms with E-state index in [1.165, 1.54) is 19.2 Å². The van der Waals surface area contributed by atoms with E-state index in [1.54, 1.807) is 12.2 Å². The number of hydrogen-bond acceptors (Lipinski definition) is 4. The van der Waals surface area contributed by atoms with Crippen LogP contribution in [0, 0.1) is 0 Å². The fourth-order valence-electron chi connectivity index (χ4n) is 1.42. The monoisotopic (exact) mass is 258 g/mol. The maximum absolute atomic E-state index is 11.3. The zero-order valence-electron chi connectivity index (χ0n) is 9.25. The van der Waals surface area contributed by atoms with Gasteiger partial charge in [0.05, 0.1) is 0 Å². The van der Waals surface area contributed by atoms with Gasteiger partial charge in [0.1, 0.15) is 10.9 Å². The summed E-state index contributed by atoms with van der Waals surface area (Å²) in [6.45, 7) is 4.57. The van der Waals surface area contributed by atoms with Gasteiger partial charge in [0.15, 0.2) is 0 Å². The summed E-state index contributed by atoms with van der Waals surface area (Å²) in [6, 6.07) is 0. The van der Waals surface area contributed by atoms with Gasteiger partial charge in [-0.1, -0.05) is 12.7 Å². The summed E-state index contributed by atoms with van der Waals surface area (Å²) in [6.07, 6.45) is 7.15. The van der Waals surface area contributed by atoms with Gasteiger partial charge in [0, 0.05) is 0 Å². The first-order valence-electron chi connectivity index (χ1n) is 4.85. The van der Waals surface area contributed by atoms with E-state index in [0.29, 0.717) is 0 Å². The third-order valence-corrected chi connectivity index (χ3v) is 3.76. The lowest BCUT2D eigenvalue weighted by atomic mass is 10.0. The minimum Gasteiger partial charge on any atom is -0.364 e. The standard InChI is InChI=1S/C10H14N2O4S/c1-3-9(13)12-10(6-4-5-7-11-10)8(2)17(14,15)16/h3-8,11H,1H2,2H3,(H,12,13)(H,14,15,16). The lowest BCUT2D eigenvalue weighted by Crippen LogP contribution is -2.64. The van der Waals surface area contributed by atoms with Crippen molar-refractivity contribution in [3.63, 3.8) is 0 Å². The van der Waals surface area contributed by atoms with E-state index in [-0.39, 0.29) is 0 Å². The highest BCUT2D eigenvalue weighted by Gasteiger charge is 2.42. The molecule has 0 aromatic heterocycles. The summed E-state index contributed by atoms with van der Waals surface area (Å²) in [7, 11) is -4.31. The van der Waals surface area contributed by atoms with Crippen molar-refractivity contribution in [2.75, 3.05) is 0 Å². The number of nitrogens with one attached hydrogen (secondary N) is 2. The number of amides is 1. The van der Waals surface area contributed by atoms with Crippen LogP contribution in [0.1, 0.15) is 6.92 Å². The topological polar surface area (TPSA) is 95.5 Å². The molecule has 17 heavy (non-hydrogen) atoms. The van der Waals surface area contributed by atoms with Crippen LogP contribution in [-0.2, 0) is 14.9 Å². The quantitative estimate of drug-likeness (QED) is 0.485. The number of carbonyl (C=O) groups excluding carboxylic acids is 1. The lowest BCUT2D eigenvalue weighted by Gasteiger charge is -2.36. The van der Waals surface area contributed by atoms with Crippen LogP contribution < -0.4 is 10.6 Å². The number of allylic oxidation sites excluding steroid dienone is 2. The summed E-state index contributed by atoms with van der Waals surface area (Å²) < 4.78 is 31.5. The van der Waals surface area contributed by atoms with Gasteiger partial charge < -0.3 is 10.6 Å². The number of carbonyl (C=O) groups is 1. The molecular weight excluding hydrogens is 244 g/mol. The first-order chi connectivity index (χ1) is 7.82. The third kappa shape index (κ3) is 2.95. The van der Waals surface area contributed by atoms with Gasteiger partial charge >= 0.3 is 0 Å². The second-order valence-electron chi connectivity index (χ2n) is 3.58. The van der Waals surface area contributed by atoms with E-state index in [1.807, 2.05) is 0 Å². The molecule has 0 bridgehead atoms. The fourth-order valence-corrected chi connectivity index (χ4v) is 2.09. The van der Waals surface area contributed by atoms with Crippen molar-refractivity contribution < 1.29 is 17.8 Å². The van der Waals surface area contributed by atoms with Crippen LogP contribution >= 0.6 is 0 Å². The van der Waals surface area contributed by atoms with E-state index < -0.39 is 26.9 Å². The van der Waals surface area contributed by atoms with Gasteiger partial charge in [-0.2, -0.15) is 8.42 Å². The number of hydrogen-bond donors (Lipinski definition) is 3. The SMILES string of the molecule is C=CC(=O)NC1(C(C)S(=O)(=O)O)C=CC=CN1. The van der Waals surface area contributed by atoms with Crippen LogP contribution in [0.15, 0.2) is 37.1 Å². The minimum atomic E-state index is -4.31. The van der Waals surface area contributed by atoms with Gasteiger partial charge in [0.25, 0.3) is 10.1 Å². The molecule has 7 heteroatoms. The first kappa shape index (κ1) is 13.5. The zero-order chi connectivity index (χ0) is 13.1. The third-order valence-electron chi connectivity index (χ3n) is 2.49. The Bertz CT molecular complexity index is 481. The molecule has 0 saturated carbocycles. The molecule has 0 aromatic carbocycles. The summed E-state index contributed by atoms with van der Waals surface area (Å²) >= 11 is 0. The average Bonchev–Trinajstić information content (AvgIpc) is 2.28. The van der Waals surface area contributed by atoms with Gasteiger partial charge in [0.2, 0.25) is 5.91 Å². The maximum atomic E-state index is 11.3. The van der Waals surface area contributed by atoms with Crippen molar-refractivity contribution in [3.8, 4) is 0 Å². The second kappa shape index (κ2) is 4.72. The predicted molar refractivity (Wildman–Crippen MR) is 63.5 cm³/mol. The number of dihydropyridines is 1. The molecular formula is C10H14N2O4S. The largest absolute Gasteiger partial charge is 0.364 e. The Morgan fingerprint density at radius 1 is 1.59 bits per heavy atom. The Morgan fingerprint density at radius 2 is 2.24 bits per heavy atom. The van der Waals surface area contributed by atoms with Gasteiger partial charge in [-0.15, -0.1) is 0 Å². The molecule has 0 aromatic rings. The Balaban J connectivity index is 3.11. The molecule has 6 nitrogen and oxygen atoms in total. The molecule has 0 spiro atoms. The Labute approximate surface area is 99.8 Å². The number of rotatable bonds is 4. The van der Waals surface area contributed by atoms with Crippen LogP contribution in [0.4, 0.5) is 0 Å². The minimum absolute atomic E-state index is 0.548. The summed E-state index contributed by atoms with van der Waals surface area (Å²) in [5.74, 6) is -0.548. The van der Waals surface area contributed by atoms with E-state index in [4.69, 9.17) is 4.55 Å². The molecule has 1 rings (SSSR count). The fraction of sp³-hybridized carbons (Fsp3) is 0.300. The van der Waals surface area contributed by atoms with Crippen molar-refractivity contribution in [2.45, 2.75) is 17.8 Å². The molecule has 2 atom stereocenters. The summed E-state index contributed by atoms with van der Waals surface area (Å²) in [5, 5.41) is 3.91. The highest BCUT2D eigenvalue weighted by atomic mass is 32.2. The molecule has 94 valence electrons. The van der Waals surface area contributed by atoms with Crippen molar-refractivity contribution in [3.05, 3.63) is 37.1 Å².